The molecule has 0 spiro atoms. The van der Waals surface area contributed by atoms with Crippen LogP contribution in [0.1, 0.15) is 17.3 Å². The first-order valence-corrected chi connectivity index (χ1v) is 5.44. The summed E-state index contributed by atoms with van der Waals surface area (Å²) in [5.74, 6) is -0.316. The Hall–Kier alpha value is -1.59. The zero-order chi connectivity index (χ0) is 12.7. The minimum Gasteiger partial charge on any atom is -0.492 e. The van der Waals surface area contributed by atoms with E-state index in [-0.39, 0.29) is 11.7 Å². The number of aliphatic hydroxyl groups is 1. The summed E-state index contributed by atoms with van der Waals surface area (Å²) in [6.45, 7) is 3.34. The van der Waals surface area contributed by atoms with Gasteiger partial charge in [-0.1, -0.05) is 0 Å². The molecule has 0 heterocycles. The molecule has 3 N–H and O–H groups in total. The highest BCUT2D eigenvalue weighted by atomic mass is 16.5. The number of hydrogen-bond donors (Lipinski definition) is 3. The van der Waals surface area contributed by atoms with E-state index in [0.717, 1.165) is 0 Å². The number of aromatic carboxylic acids is 1. The van der Waals surface area contributed by atoms with Crippen molar-refractivity contribution in [3.63, 3.8) is 0 Å². The van der Waals surface area contributed by atoms with Crippen molar-refractivity contribution in [1.82, 2.24) is 5.32 Å². The molecule has 0 aliphatic heterocycles. The van der Waals surface area contributed by atoms with Crippen LogP contribution in [0.5, 0.6) is 5.75 Å². The van der Waals surface area contributed by atoms with Crippen molar-refractivity contribution in [2.24, 2.45) is 0 Å². The van der Waals surface area contributed by atoms with Crippen molar-refractivity contribution in [3.8, 4) is 5.75 Å². The summed E-state index contributed by atoms with van der Waals surface area (Å²) in [6, 6.07) is 6.25. The topological polar surface area (TPSA) is 78.8 Å². The Labute approximate surface area is 100 Å². The Morgan fingerprint density at radius 1 is 1.41 bits per heavy atom. The molecular formula is C12H17NO4. The highest BCUT2D eigenvalue weighted by molar-refractivity contribution is 5.87. The van der Waals surface area contributed by atoms with Crippen LogP contribution in [0.2, 0.25) is 0 Å². The Balaban J connectivity index is 2.25. The molecule has 0 amide bonds. The van der Waals surface area contributed by atoms with E-state index < -0.39 is 5.97 Å². The van der Waals surface area contributed by atoms with Gasteiger partial charge in [-0.15, -0.1) is 0 Å². The van der Waals surface area contributed by atoms with Crippen LogP contribution in [0.15, 0.2) is 24.3 Å². The zero-order valence-corrected chi connectivity index (χ0v) is 9.72. The number of rotatable bonds is 7. The third-order valence-corrected chi connectivity index (χ3v) is 2.09. The van der Waals surface area contributed by atoms with E-state index >= 15 is 0 Å². The van der Waals surface area contributed by atoms with Gasteiger partial charge in [-0.3, -0.25) is 0 Å². The molecule has 5 heteroatoms. The second kappa shape index (κ2) is 6.88. The molecule has 1 aromatic rings. The summed E-state index contributed by atoms with van der Waals surface area (Å²) in [7, 11) is 0. The van der Waals surface area contributed by atoms with E-state index in [4.69, 9.17) is 14.9 Å². The van der Waals surface area contributed by atoms with Crippen LogP contribution in [0, 0.1) is 0 Å². The fourth-order valence-corrected chi connectivity index (χ4v) is 1.25. The maximum absolute atomic E-state index is 10.6. The summed E-state index contributed by atoms with van der Waals surface area (Å²) in [6.07, 6.45) is -0.371. The highest BCUT2D eigenvalue weighted by Gasteiger charge is 2.01. The van der Waals surface area contributed by atoms with Crippen molar-refractivity contribution in [1.29, 1.82) is 0 Å². The Kier molecular flexibility index (Phi) is 5.45. The maximum atomic E-state index is 10.6. The van der Waals surface area contributed by atoms with Gasteiger partial charge in [0.1, 0.15) is 12.4 Å². The third-order valence-electron chi connectivity index (χ3n) is 2.09. The van der Waals surface area contributed by atoms with Gasteiger partial charge in [-0.25, -0.2) is 4.79 Å². The number of carboxylic acid groups (broad SMARTS) is 1. The van der Waals surface area contributed by atoms with Crippen LogP contribution in [0.4, 0.5) is 0 Å². The van der Waals surface area contributed by atoms with Crippen molar-refractivity contribution < 1.29 is 19.7 Å². The van der Waals surface area contributed by atoms with Gasteiger partial charge in [0.2, 0.25) is 0 Å². The first-order valence-electron chi connectivity index (χ1n) is 5.44. The Morgan fingerprint density at radius 2 is 2.06 bits per heavy atom. The number of aliphatic hydroxyl groups excluding tert-OH is 1. The smallest absolute Gasteiger partial charge is 0.335 e. The van der Waals surface area contributed by atoms with E-state index in [1.54, 1.807) is 19.1 Å². The Bertz CT molecular complexity index is 348. The van der Waals surface area contributed by atoms with Crippen LogP contribution in [0.25, 0.3) is 0 Å². The molecule has 1 rings (SSSR count). The average Bonchev–Trinajstić information content (AvgIpc) is 2.29. The molecule has 1 aromatic carbocycles. The second-order valence-corrected chi connectivity index (χ2v) is 3.73. The van der Waals surface area contributed by atoms with Gasteiger partial charge < -0.3 is 20.3 Å². The number of carbonyl (C=O) groups is 1. The summed E-state index contributed by atoms with van der Waals surface area (Å²) >= 11 is 0. The largest absolute Gasteiger partial charge is 0.492 e. The normalized spacial score (nSPS) is 12.1. The SMILES string of the molecule is CC(O)CNCCOc1ccc(C(=O)O)cc1. The molecule has 0 saturated heterocycles. The highest BCUT2D eigenvalue weighted by Crippen LogP contribution is 2.11. The van der Waals surface area contributed by atoms with Crippen LogP contribution in [-0.2, 0) is 0 Å². The van der Waals surface area contributed by atoms with Crippen LogP contribution in [0.3, 0.4) is 0 Å². The van der Waals surface area contributed by atoms with E-state index in [1.807, 2.05) is 0 Å². The van der Waals surface area contributed by atoms with Gasteiger partial charge >= 0.3 is 5.97 Å². The van der Waals surface area contributed by atoms with E-state index in [9.17, 15) is 4.79 Å². The van der Waals surface area contributed by atoms with Crippen molar-refractivity contribution in [3.05, 3.63) is 29.8 Å². The lowest BCUT2D eigenvalue weighted by Gasteiger charge is -2.08. The molecule has 1 unspecified atom stereocenters. The molecule has 0 bridgehead atoms. The summed E-state index contributed by atoms with van der Waals surface area (Å²) in [4.78, 5) is 10.6. The third kappa shape index (κ3) is 5.33. The van der Waals surface area contributed by atoms with Crippen molar-refractivity contribution >= 4 is 5.97 Å². The van der Waals surface area contributed by atoms with E-state index in [0.29, 0.717) is 25.4 Å². The Morgan fingerprint density at radius 3 is 2.59 bits per heavy atom. The molecule has 1 atom stereocenters. The predicted octanol–water partition coefficient (Wildman–Crippen LogP) is 0.734. The zero-order valence-electron chi connectivity index (χ0n) is 9.72. The fourth-order valence-electron chi connectivity index (χ4n) is 1.25. The standard InChI is InChI=1S/C12H17NO4/c1-9(14)8-13-6-7-17-11-4-2-10(3-5-11)12(15)16/h2-5,9,13-14H,6-8H2,1H3,(H,15,16). The van der Waals surface area contributed by atoms with Crippen molar-refractivity contribution in [2.75, 3.05) is 19.7 Å². The monoisotopic (exact) mass is 239 g/mol. The minimum atomic E-state index is -0.949. The van der Waals surface area contributed by atoms with Crippen LogP contribution >= 0.6 is 0 Å². The lowest BCUT2D eigenvalue weighted by Crippen LogP contribution is -2.28. The van der Waals surface area contributed by atoms with Gasteiger partial charge in [0, 0.05) is 13.1 Å². The molecule has 0 saturated carbocycles. The van der Waals surface area contributed by atoms with Gasteiger partial charge in [0.25, 0.3) is 0 Å². The minimum absolute atomic E-state index is 0.240. The first-order chi connectivity index (χ1) is 8.09. The molecule has 0 aliphatic carbocycles. The van der Waals surface area contributed by atoms with Gasteiger partial charge in [0.05, 0.1) is 11.7 Å². The molecule has 17 heavy (non-hydrogen) atoms. The molecule has 0 fully saturated rings. The number of hydrogen-bond acceptors (Lipinski definition) is 4. The quantitative estimate of drug-likeness (QED) is 0.611. The number of nitrogens with one attached hydrogen (secondary N) is 1. The summed E-state index contributed by atoms with van der Waals surface area (Å²) in [5, 5.41) is 20.7. The van der Waals surface area contributed by atoms with Crippen LogP contribution in [-0.4, -0.2) is 42.0 Å². The lowest BCUT2D eigenvalue weighted by molar-refractivity contribution is 0.0697. The second-order valence-electron chi connectivity index (χ2n) is 3.73. The van der Waals surface area contributed by atoms with Gasteiger partial charge in [0.15, 0.2) is 0 Å². The maximum Gasteiger partial charge on any atom is 0.335 e. The molecule has 0 aromatic heterocycles. The molecule has 0 radical (unpaired) electrons. The van der Waals surface area contributed by atoms with Gasteiger partial charge in [-0.05, 0) is 31.2 Å². The number of ether oxygens (including phenoxy) is 1. The lowest BCUT2D eigenvalue weighted by atomic mass is 10.2. The number of carboxylic acids is 1. The van der Waals surface area contributed by atoms with E-state index in [2.05, 4.69) is 5.32 Å². The molecule has 94 valence electrons. The summed E-state index contributed by atoms with van der Waals surface area (Å²) < 4.78 is 5.39. The van der Waals surface area contributed by atoms with Gasteiger partial charge in [-0.2, -0.15) is 0 Å². The fraction of sp³-hybridized carbons (Fsp3) is 0.417. The average molecular weight is 239 g/mol. The molecular weight excluding hydrogens is 222 g/mol. The first kappa shape index (κ1) is 13.5. The number of benzene rings is 1. The van der Waals surface area contributed by atoms with E-state index in [1.165, 1.54) is 12.1 Å². The van der Waals surface area contributed by atoms with Crippen molar-refractivity contribution in [2.45, 2.75) is 13.0 Å². The summed E-state index contributed by atoms with van der Waals surface area (Å²) in [5.41, 5.74) is 0.240. The van der Waals surface area contributed by atoms with Crippen LogP contribution < -0.4 is 10.1 Å². The molecule has 0 aliphatic rings. The molecule has 5 nitrogen and oxygen atoms in total. The predicted molar refractivity (Wildman–Crippen MR) is 63.4 cm³/mol.